The molecule has 4 N–H and O–H groups in total. The van der Waals surface area contributed by atoms with Crippen molar-refractivity contribution in [1.29, 1.82) is 0 Å². The SMILES string of the molecule is Cn1ncnc1SCC(C)(N)C(N)=O. The first-order valence-corrected chi connectivity index (χ1v) is 4.97. The first-order valence-electron chi connectivity index (χ1n) is 3.99. The van der Waals surface area contributed by atoms with Crippen molar-refractivity contribution >= 4 is 17.7 Å². The Bertz CT molecular complexity index is 335. The lowest BCUT2D eigenvalue weighted by atomic mass is 10.1. The molecule has 1 aromatic heterocycles. The predicted octanol–water partition coefficient (Wildman–Crippen LogP) is -0.890. The molecule has 78 valence electrons. The Labute approximate surface area is 86.0 Å². The first kappa shape index (κ1) is 11.0. The van der Waals surface area contributed by atoms with Gasteiger partial charge in [0.25, 0.3) is 0 Å². The summed E-state index contributed by atoms with van der Waals surface area (Å²) in [5, 5.41) is 4.60. The van der Waals surface area contributed by atoms with E-state index in [0.29, 0.717) is 10.9 Å². The Morgan fingerprint density at radius 3 is 2.86 bits per heavy atom. The van der Waals surface area contributed by atoms with Crippen molar-refractivity contribution in [2.24, 2.45) is 18.5 Å². The van der Waals surface area contributed by atoms with Crippen molar-refractivity contribution < 1.29 is 4.79 Å². The molecule has 0 aliphatic rings. The molecule has 1 atom stereocenters. The highest BCUT2D eigenvalue weighted by Gasteiger charge is 2.26. The second kappa shape index (κ2) is 3.97. The Morgan fingerprint density at radius 1 is 1.79 bits per heavy atom. The number of carbonyl (C=O) groups excluding carboxylic acids is 1. The number of nitrogens with two attached hydrogens (primary N) is 2. The molecule has 1 amide bonds. The summed E-state index contributed by atoms with van der Waals surface area (Å²) in [6.07, 6.45) is 1.44. The van der Waals surface area contributed by atoms with Crippen LogP contribution >= 0.6 is 11.8 Å². The van der Waals surface area contributed by atoms with E-state index in [0.717, 1.165) is 0 Å². The number of thioether (sulfide) groups is 1. The minimum absolute atomic E-state index is 0.384. The first-order chi connectivity index (χ1) is 6.43. The molecule has 1 aromatic rings. The van der Waals surface area contributed by atoms with Gasteiger partial charge in [0.2, 0.25) is 5.91 Å². The van der Waals surface area contributed by atoms with Crippen molar-refractivity contribution in [3.8, 4) is 0 Å². The zero-order valence-corrected chi connectivity index (χ0v) is 8.91. The van der Waals surface area contributed by atoms with Gasteiger partial charge >= 0.3 is 0 Å². The van der Waals surface area contributed by atoms with Crippen LogP contribution in [0.2, 0.25) is 0 Å². The van der Waals surface area contributed by atoms with Crippen LogP contribution in [0.15, 0.2) is 11.5 Å². The summed E-state index contributed by atoms with van der Waals surface area (Å²) < 4.78 is 1.61. The summed E-state index contributed by atoms with van der Waals surface area (Å²) in [5.74, 6) is -0.137. The van der Waals surface area contributed by atoms with E-state index in [9.17, 15) is 4.79 Å². The van der Waals surface area contributed by atoms with Crippen LogP contribution in [0.3, 0.4) is 0 Å². The Kier molecular flexibility index (Phi) is 3.12. The molecule has 0 aromatic carbocycles. The molecule has 1 rings (SSSR count). The van der Waals surface area contributed by atoms with Gasteiger partial charge in [-0.25, -0.2) is 9.67 Å². The quantitative estimate of drug-likeness (QED) is 0.635. The maximum absolute atomic E-state index is 10.9. The van der Waals surface area contributed by atoms with Crippen LogP contribution in [-0.4, -0.2) is 32.0 Å². The standard InChI is InChI=1S/C7H13N5OS/c1-7(9,5(8)13)3-14-6-10-4-11-12(6)2/h4H,3,9H2,1-2H3,(H2,8,13). The monoisotopic (exact) mass is 215 g/mol. The molecular formula is C7H13N5OS. The molecule has 0 radical (unpaired) electrons. The summed E-state index contributed by atoms with van der Waals surface area (Å²) in [6, 6.07) is 0. The lowest BCUT2D eigenvalue weighted by molar-refractivity contribution is -0.121. The fraction of sp³-hybridized carbons (Fsp3) is 0.571. The van der Waals surface area contributed by atoms with Crippen molar-refractivity contribution in [2.45, 2.75) is 17.6 Å². The molecule has 0 bridgehead atoms. The smallest absolute Gasteiger partial charge is 0.238 e. The number of aromatic nitrogens is 3. The predicted molar refractivity (Wildman–Crippen MR) is 53.5 cm³/mol. The number of amides is 1. The van der Waals surface area contributed by atoms with Gasteiger partial charge in [-0.3, -0.25) is 4.79 Å². The van der Waals surface area contributed by atoms with E-state index >= 15 is 0 Å². The minimum Gasteiger partial charge on any atom is -0.368 e. The van der Waals surface area contributed by atoms with Gasteiger partial charge in [-0.05, 0) is 6.92 Å². The number of hydrogen-bond acceptors (Lipinski definition) is 5. The topological polar surface area (TPSA) is 99.8 Å². The number of carbonyl (C=O) groups is 1. The van der Waals surface area contributed by atoms with Crippen LogP contribution in [0.25, 0.3) is 0 Å². The molecule has 0 saturated heterocycles. The van der Waals surface area contributed by atoms with Crippen molar-refractivity contribution in [3.05, 3.63) is 6.33 Å². The third kappa shape index (κ3) is 2.46. The average Bonchev–Trinajstić information content (AvgIpc) is 2.47. The Balaban J connectivity index is 2.57. The summed E-state index contributed by atoms with van der Waals surface area (Å²) in [7, 11) is 1.77. The molecular weight excluding hydrogens is 202 g/mol. The maximum Gasteiger partial charge on any atom is 0.238 e. The normalized spacial score (nSPS) is 15.1. The molecule has 7 heteroatoms. The number of hydrogen-bond donors (Lipinski definition) is 2. The lowest BCUT2D eigenvalue weighted by Gasteiger charge is -2.18. The van der Waals surface area contributed by atoms with Crippen LogP contribution in [0.4, 0.5) is 0 Å². The number of rotatable bonds is 4. The van der Waals surface area contributed by atoms with Gasteiger partial charge in [0.05, 0.1) is 0 Å². The van der Waals surface area contributed by atoms with Crippen LogP contribution < -0.4 is 11.5 Å². The lowest BCUT2D eigenvalue weighted by Crippen LogP contribution is -2.51. The average molecular weight is 215 g/mol. The largest absolute Gasteiger partial charge is 0.368 e. The Hall–Kier alpha value is -1.08. The van der Waals surface area contributed by atoms with Crippen molar-refractivity contribution in [2.75, 3.05) is 5.75 Å². The zero-order chi connectivity index (χ0) is 10.8. The number of aryl methyl sites for hydroxylation is 1. The van der Waals surface area contributed by atoms with E-state index in [2.05, 4.69) is 10.1 Å². The van der Waals surface area contributed by atoms with Crippen LogP contribution in [0.5, 0.6) is 0 Å². The van der Waals surface area contributed by atoms with E-state index in [4.69, 9.17) is 11.5 Å². The fourth-order valence-corrected chi connectivity index (χ4v) is 1.63. The minimum atomic E-state index is -1.02. The highest BCUT2D eigenvalue weighted by Crippen LogP contribution is 2.17. The molecule has 14 heavy (non-hydrogen) atoms. The maximum atomic E-state index is 10.9. The summed E-state index contributed by atoms with van der Waals surface area (Å²) in [4.78, 5) is 14.9. The Morgan fingerprint density at radius 2 is 2.43 bits per heavy atom. The molecule has 0 spiro atoms. The third-order valence-corrected chi connectivity index (χ3v) is 3.11. The summed E-state index contributed by atoms with van der Waals surface area (Å²) in [6.45, 7) is 1.60. The highest BCUT2D eigenvalue weighted by atomic mass is 32.2. The number of primary amides is 1. The van der Waals surface area contributed by atoms with Crippen molar-refractivity contribution in [1.82, 2.24) is 14.8 Å². The van der Waals surface area contributed by atoms with Crippen LogP contribution in [-0.2, 0) is 11.8 Å². The molecule has 1 heterocycles. The second-order valence-corrected chi connectivity index (χ2v) is 4.18. The van der Waals surface area contributed by atoms with Gasteiger partial charge < -0.3 is 11.5 Å². The second-order valence-electron chi connectivity index (χ2n) is 3.24. The van der Waals surface area contributed by atoms with Crippen molar-refractivity contribution in [3.63, 3.8) is 0 Å². The van der Waals surface area contributed by atoms with E-state index in [1.54, 1.807) is 18.7 Å². The fourth-order valence-electron chi connectivity index (χ4n) is 0.702. The summed E-state index contributed by atoms with van der Waals surface area (Å²) in [5.41, 5.74) is 9.78. The third-order valence-electron chi connectivity index (χ3n) is 1.73. The highest BCUT2D eigenvalue weighted by molar-refractivity contribution is 7.99. The van der Waals surface area contributed by atoms with Gasteiger partial charge in [0.15, 0.2) is 5.16 Å². The van der Waals surface area contributed by atoms with Gasteiger partial charge in [0, 0.05) is 12.8 Å². The van der Waals surface area contributed by atoms with Gasteiger partial charge in [-0.15, -0.1) is 0 Å². The molecule has 0 saturated carbocycles. The van der Waals surface area contributed by atoms with Crippen LogP contribution in [0.1, 0.15) is 6.92 Å². The van der Waals surface area contributed by atoms with E-state index in [1.165, 1.54) is 18.1 Å². The van der Waals surface area contributed by atoms with Crippen LogP contribution in [0, 0.1) is 0 Å². The molecule has 0 aliphatic carbocycles. The number of nitrogens with zero attached hydrogens (tertiary/aromatic N) is 3. The van der Waals surface area contributed by atoms with Gasteiger partial charge in [-0.1, -0.05) is 11.8 Å². The van der Waals surface area contributed by atoms with Gasteiger partial charge in [-0.2, -0.15) is 5.10 Å². The van der Waals surface area contributed by atoms with E-state index < -0.39 is 11.4 Å². The summed E-state index contributed by atoms with van der Waals surface area (Å²) >= 11 is 1.35. The van der Waals surface area contributed by atoms with E-state index in [1.807, 2.05) is 0 Å². The zero-order valence-electron chi connectivity index (χ0n) is 8.10. The van der Waals surface area contributed by atoms with Gasteiger partial charge in [0.1, 0.15) is 11.9 Å². The molecule has 0 fully saturated rings. The molecule has 1 unspecified atom stereocenters. The molecule has 6 nitrogen and oxygen atoms in total. The molecule has 0 aliphatic heterocycles. The van der Waals surface area contributed by atoms with E-state index in [-0.39, 0.29) is 0 Å².